The Morgan fingerprint density at radius 2 is 2.28 bits per heavy atom. The second-order valence-electron chi connectivity index (χ2n) is 3.83. The van der Waals surface area contributed by atoms with E-state index in [0.717, 1.165) is 16.1 Å². The van der Waals surface area contributed by atoms with Gasteiger partial charge in [0.2, 0.25) is 0 Å². The van der Waals surface area contributed by atoms with Crippen molar-refractivity contribution in [1.29, 1.82) is 0 Å². The Hall–Kier alpha value is -1.88. The van der Waals surface area contributed by atoms with Gasteiger partial charge in [-0.15, -0.1) is 11.3 Å². The normalized spacial score (nSPS) is 10.3. The van der Waals surface area contributed by atoms with Gasteiger partial charge in [0, 0.05) is 6.20 Å². The van der Waals surface area contributed by atoms with Crippen molar-refractivity contribution in [3.8, 4) is 10.6 Å². The summed E-state index contributed by atoms with van der Waals surface area (Å²) in [7, 11) is 0. The Morgan fingerprint density at radius 1 is 1.50 bits per heavy atom. The fraction of sp³-hybridized carbons (Fsp3) is 0.231. The number of hydrogen-bond donors (Lipinski definition) is 1. The first-order chi connectivity index (χ1) is 8.61. The van der Waals surface area contributed by atoms with Gasteiger partial charge in [-0.05, 0) is 31.5 Å². The third-order valence-electron chi connectivity index (χ3n) is 2.42. The molecule has 0 fully saturated rings. The largest absolute Gasteiger partial charge is 0.462 e. The lowest BCUT2D eigenvalue weighted by Gasteiger charge is -1.98. The van der Waals surface area contributed by atoms with E-state index in [1.165, 1.54) is 11.3 Å². The first kappa shape index (κ1) is 12.6. The Bertz CT molecular complexity index is 561. The molecule has 0 aliphatic carbocycles. The van der Waals surface area contributed by atoms with Gasteiger partial charge >= 0.3 is 5.97 Å². The zero-order valence-corrected chi connectivity index (χ0v) is 11.1. The molecule has 18 heavy (non-hydrogen) atoms. The number of esters is 1. The van der Waals surface area contributed by atoms with Crippen molar-refractivity contribution in [2.75, 3.05) is 12.3 Å². The number of rotatable bonds is 3. The lowest BCUT2D eigenvalue weighted by molar-refractivity contribution is 0.0528. The lowest BCUT2D eigenvalue weighted by atomic mass is 10.2. The van der Waals surface area contributed by atoms with E-state index in [2.05, 4.69) is 4.98 Å². The molecule has 0 unspecified atom stereocenters. The zero-order valence-electron chi connectivity index (χ0n) is 10.3. The molecule has 2 N–H and O–H groups in total. The minimum Gasteiger partial charge on any atom is -0.462 e. The molecule has 0 aromatic carbocycles. The summed E-state index contributed by atoms with van der Waals surface area (Å²) in [4.78, 5) is 16.8. The van der Waals surface area contributed by atoms with E-state index in [4.69, 9.17) is 10.5 Å². The van der Waals surface area contributed by atoms with Gasteiger partial charge < -0.3 is 10.5 Å². The Labute approximate surface area is 109 Å². The molecule has 0 atom stereocenters. The third-order valence-corrected chi connectivity index (χ3v) is 3.41. The molecule has 0 radical (unpaired) electrons. The first-order valence-corrected chi connectivity index (χ1v) is 6.43. The number of anilines is 1. The molecule has 94 valence electrons. The van der Waals surface area contributed by atoms with Crippen LogP contribution in [0.2, 0.25) is 0 Å². The summed E-state index contributed by atoms with van der Waals surface area (Å²) in [5.41, 5.74) is 8.15. The van der Waals surface area contributed by atoms with Crippen LogP contribution in [0.5, 0.6) is 0 Å². The minimum atomic E-state index is -0.385. The van der Waals surface area contributed by atoms with Gasteiger partial charge in [-0.25, -0.2) is 4.79 Å². The summed E-state index contributed by atoms with van der Waals surface area (Å²) in [6, 6.07) is 5.62. The first-order valence-electron chi connectivity index (χ1n) is 5.61. The van der Waals surface area contributed by atoms with E-state index in [1.807, 2.05) is 19.1 Å². The van der Waals surface area contributed by atoms with Crippen LogP contribution in [0.25, 0.3) is 10.6 Å². The molecular weight excluding hydrogens is 248 g/mol. The molecule has 5 heteroatoms. The van der Waals surface area contributed by atoms with Gasteiger partial charge in [0.15, 0.2) is 0 Å². The SMILES string of the molecule is CCOC(=O)c1cc(-c2ccc(C)cn2)sc1N. The molecule has 2 aromatic heterocycles. The number of aromatic nitrogens is 1. The maximum atomic E-state index is 11.6. The summed E-state index contributed by atoms with van der Waals surface area (Å²) in [5.74, 6) is -0.385. The van der Waals surface area contributed by atoms with Gasteiger partial charge in [-0.2, -0.15) is 0 Å². The average Bonchev–Trinajstić information content (AvgIpc) is 2.72. The molecular formula is C13H14N2O2S. The summed E-state index contributed by atoms with van der Waals surface area (Å²) < 4.78 is 4.94. The number of nitrogen functional groups attached to an aromatic ring is 1. The number of hydrogen-bond acceptors (Lipinski definition) is 5. The Kier molecular flexibility index (Phi) is 3.62. The molecule has 0 saturated carbocycles. The van der Waals surface area contributed by atoms with Gasteiger partial charge in [-0.1, -0.05) is 6.07 Å². The highest BCUT2D eigenvalue weighted by Gasteiger charge is 2.16. The van der Waals surface area contributed by atoms with Crippen LogP contribution in [0.1, 0.15) is 22.8 Å². The minimum absolute atomic E-state index is 0.340. The van der Waals surface area contributed by atoms with Crippen LogP contribution < -0.4 is 5.73 Å². The highest BCUT2D eigenvalue weighted by atomic mass is 32.1. The van der Waals surface area contributed by atoms with Crippen LogP contribution in [0.4, 0.5) is 5.00 Å². The maximum absolute atomic E-state index is 11.6. The van der Waals surface area contributed by atoms with E-state index >= 15 is 0 Å². The molecule has 2 rings (SSSR count). The van der Waals surface area contributed by atoms with E-state index in [-0.39, 0.29) is 5.97 Å². The van der Waals surface area contributed by atoms with Crippen molar-refractivity contribution in [2.45, 2.75) is 13.8 Å². The van der Waals surface area contributed by atoms with Crippen LogP contribution in [-0.4, -0.2) is 17.6 Å². The predicted octanol–water partition coefficient (Wildman–Crippen LogP) is 2.88. The second-order valence-corrected chi connectivity index (χ2v) is 4.91. The molecule has 0 aliphatic heterocycles. The quantitative estimate of drug-likeness (QED) is 0.864. The van der Waals surface area contributed by atoms with E-state index < -0.39 is 0 Å². The van der Waals surface area contributed by atoms with Crippen molar-refractivity contribution in [1.82, 2.24) is 4.98 Å². The Balaban J connectivity index is 2.34. The highest BCUT2D eigenvalue weighted by Crippen LogP contribution is 2.32. The molecule has 2 heterocycles. The average molecular weight is 262 g/mol. The molecule has 4 nitrogen and oxygen atoms in total. The zero-order chi connectivity index (χ0) is 13.1. The van der Waals surface area contributed by atoms with Crippen LogP contribution >= 0.6 is 11.3 Å². The lowest BCUT2D eigenvalue weighted by Crippen LogP contribution is -2.05. The molecule has 0 amide bonds. The highest BCUT2D eigenvalue weighted by molar-refractivity contribution is 7.19. The number of pyridine rings is 1. The predicted molar refractivity (Wildman–Crippen MR) is 72.7 cm³/mol. The van der Waals surface area contributed by atoms with Crippen molar-refractivity contribution >= 4 is 22.3 Å². The molecule has 2 aromatic rings. The smallest absolute Gasteiger partial charge is 0.341 e. The molecule has 0 aliphatic rings. The number of nitrogens with zero attached hydrogens (tertiary/aromatic N) is 1. The fourth-order valence-electron chi connectivity index (χ4n) is 1.51. The van der Waals surface area contributed by atoms with Crippen LogP contribution in [0, 0.1) is 6.92 Å². The molecule has 0 bridgehead atoms. The van der Waals surface area contributed by atoms with Crippen molar-refractivity contribution in [3.63, 3.8) is 0 Å². The van der Waals surface area contributed by atoms with E-state index in [0.29, 0.717) is 17.2 Å². The number of thiophene rings is 1. The molecule has 0 spiro atoms. The number of carbonyl (C=O) groups is 1. The van der Waals surface area contributed by atoms with E-state index in [9.17, 15) is 4.79 Å². The summed E-state index contributed by atoms with van der Waals surface area (Å²) in [6.07, 6.45) is 1.79. The molecule has 0 saturated heterocycles. The number of nitrogens with two attached hydrogens (primary N) is 1. The topological polar surface area (TPSA) is 65.2 Å². The van der Waals surface area contributed by atoms with Gasteiger partial charge in [0.1, 0.15) is 5.00 Å². The van der Waals surface area contributed by atoms with Crippen LogP contribution in [0.15, 0.2) is 24.4 Å². The van der Waals surface area contributed by atoms with Crippen LogP contribution in [0.3, 0.4) is 0 Å². The fourth-order valence-corrected chi connectivity index (χ4v) is 2.40. The maximum Gasteiger partial charge on any atom is 0.341 e. The van der Waals surface area contributed by atoms with Crippen molar-refractivity contribution in [2.24, 2.45) is 0 Å². The number of ether oxygens (including phenoxy) is 1. The Morgan fingerprint density at radius 3 is 2.89 bits per heavy atom. The van der Waals surface area contributed by atoms with Gasteiger partial charge in [-0.3, -0.25) is 4.98 Å². The summed E-state index contributed by atoms with van der Waals surface area (Å²) in [5, 5.41) is 0.464. The summed E-state index contributed by atoms with van der Waals surface area (Å²) in [6.45, 7) is 4.08. The third kappa shape index (κ3) is 2.51. The van der Waals surface area contributed by atoms with Gasteiger partial charge in [0.05, 0.1) is 22.7 Å². The van der Waals surface area contributed by atoms with Crippen molar-refractivity contribution in [3.05, 3.63) is 35.5 Å². The second kappa shape index (κ2) is 5.18. The summed E-state index contributed by atoms with van der Waals surface area (Å²) >= 11 is 1.34. The standard InChI is InChI=1S/C13H14N2O2S/c1-3-17-13(16)9-6-11(18-12(9)14)10-5-4-8(2)7-15-10/h4-7H,3,14H2,1-2H3. The number of aryl methyl sites for hydroxylation is 1. The number of carbonyl (C=O) groups excluding carboxylic acids is 1. The van der Waals surface area contributed by atoms with E-state index in [1.54, 1.807) is 19.2 Å². The van der Waals surface area contributed by atoms with Gasteiger partial charge in [0.25, 0.3) is 0 Å². The van der Waals surface area contributed by atoms with Crippen molar-refractivity contribution < 1.29 is 9.53 Å². The monoisotopic (exact) mass is 262 g/mol. The van der Waals surface area contributed by atoms with Crippen LogP contribution in [-0.2, 0) is 4.74 Å².